The first-order valence-corrected chi connectivity index (χ1v) is 7.49. The number of rotatable bonds is 1. The number of hydrogen-bond donors (Lipinski definition) is 0. The molecule has 1 aliphatic heterocycles. The maximum absolute atomic E-state index is 13.3. The fraction of sp³-hybridized carbons (Fsp3) is 0.389. The zero-order valence-electron chi connectivity index (χ0n) is 13.1. The average molecular weight is 301 g/mol. The Balaban J connectivity index is 1.75. The van der Waals surface area contributed by atoms with E-state index in [9.17, 15) is 9.18 Å². The second-order valence-corrected chi connectivity index (χ2v) is 6.79. The number of hydrogen-bond acceptors (Lipinski definition) is 2. The van der Waals surface area contributed by atoms with E-state index in [0.29, 0.717) is 13.1 Å². The molecule has 0 bridgehead atoms. The van der Waals surface area contributed by atoms with Gasteiger partial charge in [0, 0.05) is 19.0 Å². The van der Waals surface area contributed by atoms with Crippen LogP contribution in [0.2, 0.25) is 0 Å². The van der Waals surface area contributed by atoms with E-state index < -0.39 is 5.60 Å². The summed E-state index contributed by atoms with van der Waals surface area (Å²) in [4.78, 5) is 13.7. The molecule has 4 heteroatoms. The monoisotopic (exact) mass is 301 g/mol. The molecule has 0 saturated carbocycles. The van der Waals surface area contributed by atoms with Crippen molar-refractivity contribution in [1.29, 1.82) is 0 Å². The van der Waals surface area contributed by atoms with Gasteiger partial charge >= 0.3 is 6.09 Å². The topological polar surface area (TPSA) is 29.5 Å². The summed E-state index contributed by atoms with van der Waals surface area (Å²) >= 11 is 0. The first-order chi connectivity index (χ1) is 10.3. The first-order valence-electron chi connectivity index (χ1n) is 7.49. The van der Waals surface area contributed by atoms with Crippen LogP contribution in [0.4, 0.5) is 9.18 Å². The number of carbonyl (C=O) groups excluding carboxylic acids is 1. The van der Waals surface area contributed by atoms with Crippen LogP contribution in [0.5, 0.6) is 0 Å². The van der Waals surface area contributed by atoms with Crippen molar-refractivity contribution >= 4 is 16.9 Å². The molecule has 1 heterocycles. The molecule has 22 heavy (non-hydrogen) atoms. The lowest BCUT2D eigenvalue weighted by atomic mass is 9.88. The lowest BCUT2D eigenvalue weighted by Crippen LogP contribution is -2.50. The van der Waals surface area contributed by atoms with Crippen LogP contribution in [-0.4, -0.2) is 29.7 Å². The highest BCUT2D eigenvalue weighted by Crippen LogP contribution is 2.33. The largest absolute Gasteiger partial charge is 0.444 e. The van der Waals surface area contributed by atoms with Crippen LogP contribution in [0.15, 0.2) is 36.4 Å². The van der Waals surface area contributed by atoms with Gasteiger partial charge in [0.1, 0.15) is 11.4 Å². The Hall–Kier alpha value is -2.10. The number of carbonyl (C=O) groups is 1. The van der Waals surface area contributed by atoms with Crippen molar-refractivity contribution in [2.24, 2.45) is 0 Å². The van der Waals surface area contributed by atoms with Crippen LogP contribution in [-0.2, 0) is 4.74 Å². The summed E-state index contributed by atoms with van der Waals surface area (Å²) in [5.41, 5.74) is 0.691. The Kier molecular flexibility index (Phi) is 3.55. The maximum Gasteiger partial charge on any atom is 0.410 e. The van der Waals surface area contributed by atoms with E-state index >= 15 is 0 Å². The molecule has 0 radical (unpaired) electrons. The van der Waals surface area contributed by atoms with Crippen molar-refractivity contribution in [3.63, 3.8) is 0 Å². The van der Waals surface area contributed by atoms with Gasteiger partial charge in [0.15, 0.2) is 0 Å². The molecule has 116 valence electrons. The highest BCUT2D eigenvalue weighted by molar-refractivity contribution is 5.86. The van der Waals surface area contributed by atoms with Gasteiger partial charge < -0.3 is 9.64 Å². The number of likely N-dealkylation sites (tertiary alicyclic amines) is 1. The first kappa shape index (κ1) is 14.8. The third kappa shape index (κ3) is 2.91. The van der Waals surface area contributed by atoms with Crippen LogP contribution < -0.4 is 0 Å². The predicted molar refractivity (Wildman–Crippen MR) is 84.5 cm³/mol. The van der Waals surface area contributed by atoms with Crippen LogP contribution >= 0.6 is 0 Å². The smallest absolute Gasteiger partial charge is 0.410 e. The third-order valence-electron chi connectivity index (χ3n) is 3.85. The molecule has 0 N–H and O–H groups in total. The van der Waals surface area contributed by atoms with Crippen molar-refractivity contribution in [3.05, 3.63) is 47.8 Å². The van der Waals surface area contributed by atoms with Crippen molar-refractivity contribution < 1.29 is 13.9 Å². The van der Waals surface area contributed by atoms with E-state index in [0.717, 1.165) is 16.3 Å². The molecule has 1 amide bonds. The zero-order valence-corrected chi connectivity index (χ0v) is 13.1. The molecular formula is C18H20FNO2. The maximum atomic E-state index is 13.3. The number of nitrogens with zero attached hydrogens (tertiary/aromatic N) is 1. The van der Waals surface area contributed by atoms with E-state index in [1.807, 2.05) is 39.0 Å². The molecule has 1 aliphatic rings. The summed E-state index contributed by atoms with van der Waals surface area (Å²) in [6.07, 6.45) is -0.268. The van der Waals surface area contributed by atoms with Crippen LogP contribution in [0.25, 0.3) is 10.8 Å². The molecule has 0 aromatic heterocycles. The Morgan fingerprint density at radius 2 is 1.95 bits per heavy atom. The zero-order chi connectivity index (χ0) is 15.9. The molecule has 3 nitrogen and oxygen atoms in total. The van der Waals surface area contributed by atoms with Crippen LogP contribution in [0.3, 0.4) is 0 Å². The second-order valence-electron chi connectivity index (χ2n) is 6.79. The minimum absolute atomic E-state index is 0.228. The average Bonchev–Trinajstić information content (AvgIpc) is 2.34. The van der Waals surface area contributed by atoms with Gasteiger partial charge in [-0.25, -0.2) is 9.18 Å². The van der Waals surface area contributed by atoms with Gasteiger partial charge in [0.05, 0.1) is 0 Å². The van der Waals surface area contributed by atoms with Crippen molar-refractivity contribution in [1.82, 2.24) is 4.90 Å². The predicted octanol–water partition coefficient (Wildman–Crippen LogP) is 4.31. The van der Waals surface area contributed by atoms with Gasteiger partial charge in [-0.2, -0.15) is 0 Å². The molecular weight excluding hydrogens is 281 g/mol. The molecule has 2 aromatic carbocycles. The Labute approximate surface area is 129 Å². The molecule has 1 fully saturated rings. The SMILES string of the molecule is CC(C)(C)OC(=O)N1CC(c2cccc3cc(F)ccc23)C1. The minimum Gasteiger partial charge on any atom is -0.444 e. The number of benzene rings is 2. The van der Waals surface area contributed by atoms with Crippen molar-refractivity contribution in [2.45, 2.75) is 32.3 Å². The molecule has 3 rings (SSSR count). The fourth-order valence-corrected chi connectivity index (χ4v) is 2.79. The molecule has 0 atom stereocenters. The number of amides is 1. The summed E-state index contributed by atoms with van der Waals surface area (Å²) in [7, 11) is 0. The van der Waals surface area contributed by atoms with Gasteiger partial charge in [-0.05, 0) is 49.2 Å². The highest BCUT2D eigenvalue weighted by Gasteiger charge is 2.35. The van der Waals surface area contributed by atoms with Gasteiger partial charge in [-0.3, -0.25) is 0 Å². The summed E-state index contributed by atoms with van der Waals surface area (Å²) in [6, 6.07) is 10.7. The molecule has 1 saturated heterocycles. The van der Waals surface area contributed by atoms with E-state index in [4.69, 9.17) is 4.74 Å². The Bertz CT molecular complexity index is 715. The molecule has 2 aromatic rings. The van der Waals surface area contributed by atoms with Gasteiger partial charge in [-0.1, -0.05) is 24.3 Å². The van der Waals surface area contributed by atoms with Gasteiger partial charge in [0.2, 0.25) is 0 Å². The minimum atomic E-state index is -0.473. The Morgan fingerprint density at radius 3 is 2.64 bits per heavy atom. The molecule has 0 spiro atoms. The number of fused-ring (bicyclic) bond motifs is 1. The van der Waals surface area contributed by atoms with Crippen molar-refractivity contribution in [2.75, 3.05) is 13.1 Å². The molecule has 0 aliphatic carbocycles. The summed E-state index contributed by atoms with van der Waals surface area (Å²) < 4.78 is 18.7. The van der Waals surface area contributed by atoms with Crippen molar-refractivity contribution in [3.8, 4) is 0 Å². The lowest BCUT2D eigenvalue weighted by Gasteiger charge is -2.40. The quantitative estimate of drug-likeness (QED) is 0.785. The summed E-state index contributed by atoms with van der Waals surface area (Å²) in [5, 5.41) is 1.95. The van der Waals surface area contributed by atoms with E-state index in [2.05, 4.69) is 6.07 Å². The second kappa shape index (κ2) is 5.27. The van der Waals surface area contributed by atoms with Crippen LogP contribution in [0.1, 0.15) is 32.3 Å². The highest BCUT2D eigenvalue weighted by atomic mass is 19.1. The van der Waals surface area contributed by atoms with Gasteiger partial charge in [-0.15, -0.1) is 0 Å². The fourth-order valence-electron chi connectivity index (χ4n) is 2.79. The third-order valence-corrected chi connectivity index (χ3v) is 3.85. The normalized spacial score (nSPS) is 15.7. The van der Waals surface area contributed by atoms with E-state index in [-0.39, 0.29) is 17.8 Å². The van der Waals surface area contributed by atoms with Crippen LogP contribution in [0, 0.1) is 5.82 Å². The standard InChI is InChI=1S/C18H20FNO2/c1-18(2,3)22-17(21)20-10-13(11-20)15-6-4-5-12-9-14(19)7-8-16(12)15/h4-9,13H,10-11H2,1-3H3. The summed E-state index contributed by atoms with van der Waals surface area (Å²) in [6.45, 7) is 6.88. The number of halogens is 1. The lowest BCUT2D eigenvalue weighted by molar-refractivity contribution is 0.00830. The van der Waals surface area contributed by atoms with E-state index in [1.165, 1.54) is 6.07 Å². The molecule has 0 unspecified atom stereocenters. The van der Waals surface area contributed by atoms with Gasteiger partial charge in [0.25, 0.3) is 0 Å². The Morgan fingerprint density at radius 1 is 1.23 bits per heavy atom. The van der Waals surface area contributed by atoms with E-state index in [1.54, 1.807) is 11.0 Å². The number of ether oxygens (including phenoxy) is 1. The summed E-state index contributed by atoms with van der Waals surface area (Å²) in [5.74, 6) is 0.0512.